The zero-order valence-electron chi connectivity index (χ0n) is 34.0. The van der Waals surface area contributed by atoms with E-state index in [9.17, 15) is 0 Å². The zero-order chi connectivity index (χ0) is 41.4. The molecule has 0 saturated heterocycles. The average Bonchev–Trinajstić information content (AvgIpc) is 4.02. The molecule has 0 bridgehead atoms. The van der Waals surface area contributed by atoms with Crippen LogP contribution in [0, 0.1) is 0 Å². The quantitative estimate of drug-likeness (QED) is 0.168. The lowest BCUT2D eigenvalue weighted by molar-refractivity contribution is 0.670. The normalized spacial score (nSPS) is 11.8. The first-order valence-corrected chi connectivity index (χ1v) is 21.3. The van der Waals surface area contributed by atoms with E-state index in [-0.39, 0.29) is 0 Å². The van der Waals surface area contributed by atoms with Crippen LogP contribution in [0.5, 0.6) is 0 Å². The van der Waals surface area contributed by atoms with Crippen LogP contribution in [-0.2, 0) is 0 Å². The highest BCUT2D eigenvalue weighted by atomic mass is 16.3. The molecule has 0 radical (unpaired) electrons. The van der Waals surface area contributed by atoms with Crippen molar-refractivity contribution >= 4 is 65.6 Å². The topological polar surface area (TPSA) is 48.8 Å². The van der Waals surface area contributed by atoms with Crippen LogP contribution < -0.4 is 0 Å². The van der Waals surface area contributed by atoms with Crippen molar-refractivity contribution in [3.63, 3.8) is 0 Å². The van der Waals surface area contributed by atoms with Gasteiger partial charge >= 0.3 is 0 Å². The Hall–Kier alpha value is -8.54. The van der Waals surface area contributed by atoms with E-state index in [1.807, 2.05) is 24.3 Å². The second-order valence-electron chi connectivity index (χ2n) is 16.2. The fourth-order valence-electron chi connectivity index (χ4n) is 9.61. The smallest absolute Gasteiger partial charge is 0.235 e. The van der Waals surface area contributed by atoms with Crippen molar-refractivity contribution in [1.29, 1.82) is 0 Å². The fraction of sp³-hybridized carbons (Fsp3) is 0. The second kappa shape index (κ2) is 14.0. The molecule has 0 amide bonds. The molecule has 0 N–H and O–H groups in total. The molecule has 0 saturated carbocycles. The SMILES string of the molecule is c1ccc(-c2cc(-c3ccccc3)nc(-n3c4ccccc4c4cc(-c5ccc6c(c5)c5ccccc5n6-c5ccc(-c6cccc7c6oc6ccccc67)cc5)ccc43)n2)cc1. The van der Waals surface area contributed by atoms with Crippen LogP contribution in [0.1, 0.15) is 0 Å². The number of aromatic nitrogens is 4. The van der Waals surface area contributed by atoms with E-state index in [2.05, 4.69) is 203 Å². The van der Waals surface area contributed by atoms with E-state index in [0.29, 0.717) is 5.95 Å². The molecule has 4 heterocycles. The minimum Gasteiger partial charge on any atom is -0.455 e. The van der Waals surface area contributed by atoms with E-state index in [0.717, 1.165) is 99.7 Å². The number of hydrogen-bond acceptors (Lipinski definition) is 3. The summed E-state index contributed by atoms with van der Waals surface area (Å²) in [4.78, 5) is 10.5. The van der Waals surface area contributed by atoms with E-state index >= 15 is 0 Å². The number of fused-ring (bicyclic) bond motifs is 9. The Labute approximate surface area is 362 Å². The van der Waals surface area contributed by atoms with Crippen molar-refractivity contribution in [3.8, 4) is 56.4 Å². The highest BCUT2D eigenvalue weighted by Gasteiger charge is 2.19. The van der Waals surface area contributed by atoms with Crippen molar-refractivity contribution in [2.45, 2.75) is 0 Å². The molecule has 0 spiro atoms. The lowest BCUT2D eigenvalue weighted by atomic mass is 10.0. The summed E-state index contributed by atoms with van der Waals surface area (Å²) < 4.78 is 11.0. The molecule has 63 heavy (non-hydrogen) atoms. The van der Waals surface area contributed by atoms with Crippen LogP contribution in [0.2, 0.25) is 0 Å². The molecular formula is C58H36N4O. The highest BCUT2D eigenvalue weighted by Crippen LogP contribution is 2.40. The first kappa shape index (κ1) is 35.2. The van der Waals surface area contributed by atoms with Crippen LogP contribution in [-0.4, -0.2) is 19.1 Å². The number of benzene rings is 9. The molecule has 5 heteroatoms. The van der Waals surface area contributed by atoms with E-state index in [1.54, 1.807) is 0 Å². The van der Waals surface area contributed by atoms with Gasteiger partial charge in [-0.2, -0.15) is 0 Å². The molecule has 0 fully saturated rings. The molecule has 0 aliphatic carbocycles. The first-order valence-electron chi connectivity index (χ1n) is 21.3. The Bertz CT molecular complexity index is 3840. The van der Waals surface area contributed by atoms with Crippen molar-refractivity contribution in [3.05, 3.63) is 218 Å². The number of nitrogens with zero attached hydrogens (tertiary/aromatic N) is 4. The Kier molecular flexibility index (Phi) is 7.84. The third-order valence-electron chi connectivity index (χ3n) is 12.6. The van der Waals surface area contributed by atoms with Gasteiger partial charge in [-0.25, -0.2) is 9.97 Å². The van der Waals surface area contributed by atoms with E-state index < -0.39 is 0 Å². The van der Waals surface area contributed by atoms with Crippen LogP contribution >= 0.6 is 0 Å². The summed E-state index contributed by atoms with van der Waals surface area (Å²) in [5.74, 6) is 0.642. The summed E-state index contributed by atoms with van der Waals surface area (Å²) in [6.07, 6.45) is 0. The standard InChI is InChI=1S/C58H36N4O/c1-3-14-38(15-4-1)50-36-51(39-16-5-2-6-17-39)60-58(59-50)62-53-24-11-8-19-45(53)49-35-41(29-33-55(49)62)40-28-32-54-48(34-40)44-18-7-10-23-52(44)61(54)42-30-26-37(27-31-42)43-21-13-22-47-46-20-9-12-25-56(46)63-57(43)47/h1-36H. The molecule has 5 nitrogen and oxygen atoms in total. The van der Waals surface area contributed by atoms with Crippen molar-refractivity contribution in [2.24, 2.45) is 0 Å². The molecule has 13 rings (SSSR count). The van der Waals surface area contributed by atoms with E-state index in [4.69, 9.17) is 14.4 Å². The van der Waals surface area contributed by atoms with Crippen LogP contribution in [0.4, 0.5) is 0 Å². The predicted molar refractivity (Wildman–Crippen MR) is 260 cm³/mol. The second-order valence-corrected chi connectivity index (χ2v) is 16.2. The molecular weight excluding hydrogens is 769 g/mol. The molecule has 13 aromatic rings. The lowest BCUT2D eigenvalue weighted by Crippen LogP contribution is -2.03. The molecule has 0 unspecified atom stereocenters. The predicted octanol–water partition coefficient (Wildman–Crippen LogP) is 15.2. The summed E-state index contributed by atoms with van der Waals surface area (Å²) >= 11 is 0. The maximum absolute atomic E-state index is 6.40. The van der Waals surface area contributed by atoms with Gasteiger partial charge in [0.2, 0.25) is 5.95 Å². The zero-order valence-corrected chi connectivity index (χ0v) is 34.0. The monoisotopic (exact) mass is 804 g/mol. The molecule has 0 atom stereocenters. The lowest BCUT2D eigenvalue weighted by Gasteiger charge is -2.12. The van der Waals surface area contributed by atoms with E-state index in [1.165, 1.54) is 16.3 Å². The third-order valence-corrected chi connectivity index (χ3v) is 12.6. The maximum atomic E-state index is 6.40. The first-order chi connectivity index (χ1) is 31.2. The van der Waals surface area contributed by atoms with Crippen molar-refractivity contribution in [2.75, 3.05) is 0 Å². The van der Waals surface area contributed by atoms with Gasteiger partial charge in [0, 0.05) is 54.7 Å². The van der Waals surface area contributed by atoms with Crippen LogP contribution in [0.3, 0.4) is 0 Å². The summed E-state index contributed by atoms with van der Waals surface area (Å²) in [6, 6.07) is 77.3. The van der Waals surface area contributed by atoms with Crippen LogP contribution in [0.15, 0.2) is 223 Å². The molecule has 4 aromatic heterocycles. The van der Waals surface area contributed by atoms with Gasteiger partial charge in [-0.15, -0.1) is 0 Å². The molecule has 9 aromatic carbocycles. The number of rotatable bonds is 6. The molecule has 294 valence electrons. The molecule has 0 aliphatic heterocycles. The van der Waals surface area contributed by atoms with Gasteiger partial charge in [0.25, 0.3) is 0 Å². The van der Waals surface area contributed by atoms with Crippen LogP contribution in [0.25, 0.3) is 122 Å². The van der Waals surface area contributed by atoms with Gasteiger partial charge in [-0.1, -0.05) is 158 Å². The summed E-state index contributed by atoms with van der Waals surface area (Å²) in [5, 5.41) is 7.00. The fourth-order valence-corrected chi connectivity index (χ4v) is 9.61. The largest absolute Gasteiger partial charge is 0.455 e. The molecule has 0 aliphatic rings. The van der Waals surface area contributed by atoms with Crippen molar-refractivity contribution in [1.82, 2.24) is 19.1 Å². The Morgan fingerprint density at radius 2 is 0.810 bits per heavy atom. The van der Waals surface area contributed by atoms with Gasteiger partial charge in [-0.3, -0.25) is 4.57 Å². The van der Waals surface area contributed by atoms with Gasteiger partial charge in [0.1, 0.15) is 11.2 Å². The van der Waals surface area contributed by atoms with Gasteiger partial charge in [-0.05, 0) is 77.4 Å². The maximum Gasteiger partial charge on any atom is 0.235 e. The summed E-state index contributed by atoms with van der Waals surface area (Å²) in [6.45, 7) is 0. The van der Waals surface area contributed by atoms with Gasteiger partial charge < -0.3 is 8.98 Å². The minimum atomic E-state index is 0.642. The highest BCUT2D eigenvalue weighted by molar-refractivity contribution is 6.13. The average molecular weight is 805 g/mol. The summed E-state index contributed by atoms with van der Waals surface area (Å²) in [7, 11) is 0. The number of furan rings is 1. The Morgan fingerprint density at radius 1 is 0.317 bits per heavy atom. The van der Waals surface area contributed by atoms with Gasteiger partial charge in [0.05, 0.1) is 33.5 Å². The Balaban J connectivity index is 0.925. The number of para-hydroxylation sites is 4. The van der Waals surface area contributed by atoms with Gasteiger partial charge in [0.15, 0.2) is 0 Å². The Morgan fingerprint density at radius 3 is 1.44 bits per heavy atom. The van der Waals surface area contributed by atoms with Crippen molar-refractivity contribution < 1.29 is 4.42 Å². The summed E-state index contributed by atoms with van der Waals surface area (Å²) in [5.41, 5.74) is 15.8. The third kappa shape index (κ3) is 5.64. The minimum absolute atomic E-state index is 0.642. The number of hydrogen-bond donors (Lipinski definition) is 0.